The van der Waals surface area contributed by atoms with Gasteiger partial charge in [0.1, 0.15) is 0 Å². The van der Waals surface area contributed by atoms with E-state index in [0.717, 1.165) is 5.69 Å². The molecule has 0 fully saturated rings. The fourth-order valence-electron chi connectivity index (χ4n) is 2.17. The molecule has 0 N–H and O–H groups in total. The predicted molar refractivity (Wildman–Crippen MR) is 76.9 cm³/mol. The molecule has 1 nitrogen and oxygen atoms in total. The Kier molecular flexibility index (Phi) is 3.51. The van der Waals surface area contributed by atoms with Crippen LogP contribution >= 0.6 is 0 Å². The summed E-state index contributed by atoms with van der Waals surface area (Å²) in [6.07, 6.45) is 1.86. The van der Waals surface area contributed by atoms with Crippen molar-refractivity contribution in [3.63, 3.8) is 0 Å². The number of nitrogens with zero attached hydrogens (tertiary/aromatic N) is 1. The van der Waals surface area contributed by atoms with E-state index >= 15 is 0 Å². The van der Waals surface area contributed by atoms with Crippen LogP contribution < -0.4 is 0 Å². The fraction of sp³-hybridized carbons (Fsp3) is 0.353. The molecule has 0 saturated carbocycles. The summed E-state index contributed by atoms with van der Waals surface area (Å²) in [5.41, 5.74) is 3.76. The number of pyridine rings is 1. The number of rotatable bonds is 3. The highest BCUT2D eigenvalue weighted by molar-refractivity contribution is 5.36. The van der Waals surface area contributed by atoms with E-state index in [-0.39, 0.29) is 5.41 Å². The molecule has 1 aromatic heterocycles. The Labute approximate surface area is 110 Å². The van der Waals surface area contributed by atoms with Crippen LogP contribution in [-0.2, 0) is 5.41 Å². The van der Waals surface area contributed by atoms with Gasteiger partial charge in [-0.05, 0) is 29.2 Å². The Hall–Kier alpha value is -1.63. The van der Waals surface area contributed by atoms with Gasteiger partial charge in [0.2, 0.25) is 0 Å². The molecule has 0 amide bonds. The zero-order chi connectivity index (χ0) is 13.2. The Morgan fingerprint density at radius 2 is 1.61 bits per heavy atom. The first-order valence-corrected chi connectivity index (χ1v) is 6.54. The van der Waals surface area contributed by atoms with Gasteiger partial charge in [0, 0.05) is 11.6 Å². The monoisotopic (exact) mass is 239 g/mol. The van der Waals surface area contributed by atoms with E-state index in [4.69, 9.17) is 0 Å². The summed E-state index contributed by atoms with van der Waals surface area (Å²) in [6.45, 7) is 8.89. The maximum Gasteiger partial charge on any atom is 0.0503 e. The normalized spacial score (nSPS) is 11.8. The van der Waals surface area contributed by atoms with Crippen molar-refractivity contribution in [1.82, 2.24) is 4.98 Å². The van der Waals surface area contributed by atoms with Gasteiger partial charge in [0.15, 0.2) is 0 Å². The van der Waals surface area contributed by atoms with Gasteiger partial charge in [0.25, 0.3) is 0 Å². The number of hydrogen-bond donors (Lipinski definition) is 0. The first kappa shape index (κ1) is 12.8. The number of benzene rings is 1. The molecule has 0 bridgehead atoms. The lowest BCUT2D eigenvalue weighted by atomic mass is 9.80. The second-order valence-corrected chi connectivity index (χ2v) is 5.62. The molecule has 0 aliphatic carbocycles. The molecule has 0 atom stereocenters. The molecule has 0 aliphatic rings. The standard InChI is InChI=1S/C17H21N/c1-13(2)14-8-10-15(11-9-14)17(3,4)16-7-5-6-12-18-16/h5-13H,1-4H3. The molecular weight excluding hydrogens is 218 g/mol. The van der Waals surface area contributed by atoms with E-state index in [1.807, 2.05) is 18.3 Å². The molecule has 18 heavy (non-hydrogen) atoms. The van der Waals surface area contributed by atoms with Crippen LogP contribution in [0.4, 0.5) is 0 Å². The van der Waals surface area contributed by atoms with Crippen molar-refractivity contribution in [3.8, 4) is 0 Å². The summed E-state index contributed by atoms with van der Waals surface area (Å²) < 4.78 is 0. The van der Waals surface area contributed by atoms with Crippen LogP contribution in [0.2, 0.25) is 0 Å². The third-order valence-electron chi connectivity index (χ3n) is 3.60. The van der Waals surface area contributed by atoms with Gasteiger partial charge in [-0.15, -0.1) is 0 Å². The summed E-state index contributed by atoms with van der Waals surface area (Å²) >= 11 is 0. The summed E-state index contributed by atoms with van der Waals surface area (Å²) in [5, 5.41) is 0. The zero-order valence-corrected chi connectivity index (χ0v) is 11.6. The van der Waals surface area contributed by atoms with Gasteiger partial charge in [-0.25, -0.2) is 0 Å². The van der Waals surface area contributed by atoms with Crippen molar-refractivity contribution >= 4 is 0 Å². The average Bonchev–Trinajstić information content (AvgIpc) is 2.40. The highest BCUT2D eigenvalue weighted by Crippen LogP contribution is 2.30. The van der Waals surface area contributed by atoms with E-state index in [1.165, 1.54) is 11.1 Å². The molecule has 0 saturated heterocycles. The molecule has 1 heteroatoms. The molecule has 1 heterocycles. The van der Waals surface area contributed by atoms with Gasteiger partial charge >= 0.3 is 0 Å². The van der Waals surface area contributed by atoms with Crippen LogP contribution in [-0.4, -0.2) is 4.98 Å². The minimum Gasteiger partial charge on any atom is -0.260 e. The van der Waals surface area contributed by atoms with Gasteiger partial charge < -0.3 is 0 Å². The van der Waals surface area contributed by atoms with Gasteiger partial charge in [-0.1, -0.05) is 58.0 Å². The van der Waals surface area contributed by atoms with Gasteiger partial charge in [0.05, 0.1) is 5.69 Å². The van der Waals surface area contributed by atoms with Crippen molar-refractivity contribution in [1.29, 1.82) is 0 Å². The Morgan fingerprint density at radius 3 is 2.11 bits per heavy atom. The maximum atomic E-state index is 4.48. The predicted octanol–water partition coefficient (Wildman–Crippen LogP) is 4.53. The minimum atomic E-state index is -0.0449. The lowest BCUT2D eigenvalue weighted by Gasteiger charge is -2.25. The van der Waals surface area contributed by atoms with Crippen LogP contribution in [0.3, 0.4) is 0 Å². The number of aromatic nitrogens is 1. The van der Waals surface area contributed by atoms with Crippen molar-refractivity contribution in [2.24, 2.45) is 0 Å². The molecule has 2 aromatic rings. The molecular formula is C17H21N. The van der Waals surface area contributed by atoms with Gasteiger partial charge in [-0.2, -0.15) is 0 Å². The van der Waals surface area contributed by atoms with Gasteiger partial charge in [-0.3, -0.25) is 4.98 Å². The van der Waals surface area contributed by atoms with E-state index < -0.39 is 0 Å². The van der Waals surface area contributed by atoms with Crippen LogP contribution in [0, 0.1) is 0 Å². The van der Waals surface area contributed by atoms with E-state index in [1.54, 1.807) is 0 Å². The lowest BCUT2D eigenvalue weighted by molar-refractivity contribution is 0.616. The van der Waals surface area contributed by atoms with Crippen molar-refractivity contribution in [2.45, 2.75) is 39.0 Å². The molecule has 0 unspecified atom stereocenters. The second kappa shape index (κ2) is 4.93. The van der Waals surface area contributed by atoms with Crippen molar-refractivity contribution < 1.29 is 0 Å². The molecule has 94 valence electrons. The molecule has 1 aromatic carbocycles. The van der Waals surface area contributed by atoms with E-state index in [9.17, 15) is 0 Å². The Morgan fingerprint density at radius 1 is 0.944 bits per heavy atom. The fourth-order valence-corrected chi connectivity index (χ4v) is 2.17. The van der Waals surface area contributed by atoms with Crippen LogP contribution in [0.15, 0.2) is 48.7 Å². The summed E-state index contributed by atoms with van der Waals surface area (Å²) in [6, 6.07) is 15.0. The Balaban J connectivity index is 2.36. The zero-order valence-electron chi connectivity index (χ0n) is 11.6. The third kappa shape index (κ3) is 2.45. The average molecular weight is 239 g/mol. The van der Waals surface area contributed by atoms with E-state index in [2.05, 4.69) is 63.0 Å². The summed E-state index contributed by atoms with van der Waals surface area (Å²) in [7, 11) is 0. The molecule has 0 radical (unpaired) electrons. The van der Waals surface area contributed by atoms with Crippen LogP contribution in [0.5, 0.6) is 0 Å². The quantitative estimate of drug-likeness (QED) is 0.766. The highest BCUT2D eigenvalue weighted by Gasteiger charge is 2.24. The Bertz CT molecular complexity index is 495. The maximum absolute atomic E-state index is 4.48. The molecule has 0 spiro atoms. The topological polar surface area (TPSA) is 12.9 Å². The SMILES string of the molecule is CC(C)c1ccc(C(C)(C)c2ccccn2)cc1. The molecule has 2 rings (SSSR count). The molecule has 0 aliphatic heterocycles. The van der Waals surface area contributed by atoms with E-state index in [0.29, 0.717) is 5.92 Å². The first-order chi connectivity index (χ1) is 8.51. The summed E-state index contributed by atoms with van der Waals surface area (Å²) in [4.78, 5) is 4.48. The largest absolute Gasteiger partial charge is 0.260 e. The van der Waals surface area contributed by atoms with Crippen molar-refractivity contribution in [2.75, 3.05) is 0 Å². The van der Waals surface area contributed by atoms with Crippen LogP contribution in [0.25, 0.3) is 0 Å². The second-order valence-electron chi connectivity index (χ2n) is 5.62. The minimum absolute atomic E-state index is 0.0449. The third-order valence-corrected chi connectivity index (χ3v) is 3.60. The first-order valence-electron chi connectivity index (χ1n) is 6.54. The summed E-state index contributed by atoms with van der Waals surface area (Å²) in [5.74, 6) is 0.581. The van der Waals surface area contributed by atoms with Crippen molar-refractivity contribution in [3.05, 3.63) is 65.5 Å². The highest BCUT2D eigenvalue weighted by atomic mass is 14.7. The van der Waals surface area contributed by atoms with Crippen LogP contribution in [0.1, 0.15) is 50.4 Å². The lowest BCUT2D eigenvalue weighted by Crippen LogP contribution is -2.20. The smallest absolute Gasteiger partial charge is 0.0503 e. The number of hydrogen-bond acceptors (Lipinski definition) is 1.